The minimum atomic E-state index is 0.182. The number of nitrogens with zero attached hydrogens (tertiary/aromatic N) is 2. The Kier molecular flexibility index (Phi) is 4.09. The standard InChI is InChI=1S/C16H22ClN3/c1-11-14(15(17)20(5)19-11)10-18-13-8-6-12(7-9-13)16(2,3)4/h6-9,18H,10H2,1-5H3. The van der Waals surface area contributed by atoms with Crippen LogP contribution < -0.4 is 5.32 Å². The van der Waals surface area contributed by atoms with Crippen LogP contribution in [0.15, 0.2) is 24.3 Å². The first-order chi connectivity index (χ1) is 9.29. The van der Waals surface area contributed by atoms with Gasteiger partial charge in [0.15, 0.2) is 0 Å². The quantitative estimate of drug-likeness (QED) is 0.914. The fourth-order valence-electron chi connectivity index (χ4n) is 2.15. The monoisotopic (exact) mass is 291 g/mol. The Labute approximate surface area is 126 Å². The van der Waals surface area contributed by atoms with E-state index >= 15 is 0 Å². The van der Waals surface area contributed by atoms with Crippen LogP contribution in [0, 0.1) is 6.92 Å². The van der Waals surface area contributed by atoms with Crippen molar-refractivity contribution in [1.29, 1.82) is 0 Å². The van der Waals surface area contributed by atoms with Gasteiger partial charge in [-0.1, -0.05) is 44.5 Å². The first-order valence-electron chi connectivity index (χ1n) is 6.81. The summed E-state index contributed by atoms with van der Waals surface area (Å²) in [7, 11) is 1.86. The van der Waals surface area contributed by atoms with Gasteiger partial charge in [-0.15, -0.1) is 0 Å². The number of aromatic nitrogens is 2. The lowest BCUT2D eigenvalue weighted by molar-refractivity contribution is 0.590. The Morgan fingerprint density at radius 1 is 1.20 bits per heavy atom. The van der Waals surface area contributed by atoms with Gasteiger partial charge in [-0.25, -0.2) is 0 Å². The zero-order valence-electron chi connectivity index (χ0n) is 12.8. The summed E-state index contributed by atoms with van der Waals surface area (Å²) in [5.41, 5.74) is 4.63. The number of hydrogen-bond donors (Lipinski definition) is 1. The third-order valence-electron chi connectivity index (χ3n) is 3.49. The lowest BCUT2D eigenvalue weighted by atomic mass is 9.87. The van der Waals surface area contributed by atoms with Crippen molar-refractivity contribution in [3.63, 3.8) is 0 Å². The molecule has 0 unspecified atom stereocenters. The van der Waals surface area contributed by atoms with E-state index in [1.54, 1.807) is 4.68 Å². The topological polar surface area (TPSA) is 29.9 Å². The second-order valence-corrected chi connectivity index (χ2v) is 6.52. The van der Waals surface area contributed by atoms with Crippen LogP contribution in [-0.4, -0.2) is 9.78 Å². The molecule has 0 radical (unpaired) electrons. The van der Waals surface area contributed by atoms with Gasteiger partial charge in [-0.05, 0) is 30.0 Å². The van der Waals surface area contributed by atoms with Crippen molar-refractivity contribution in [2.45, 2.75) is 39.7 Å². The molecule has 0 aliphatic carbocycles. The summed E-state index contributed by atoms with van der Waals surface area (Å²) in [5.74, 6) is 0. The molecule has 0 spiro atoms. The number of anilines is 1. The first-order valence-corrected chi connectivity index (χ1v) is 7.19. The van der Waals surface area contributed by atoms with Gasteiger partial charge in [0.2, 0.25) is 0 Å². The van der Waals surface area contributed by atoms with Gasteiger partial charge in [0.1, 0.15) is 5.15 Å². The predicted octanol–water partition coefficient (Wildman–Crippen LogP) is 4.29. The molecule has 1 N–H and O–H groups in total. The van der Waals surface area contributed by atoms with Crippen molar-refractivity contribution in [1.82, 2.24) is 9.78 Å². The minimum Gasteiger partial charge on any atom is -0.381 e. The van der Waals surface area contributed by atoms with E-state index in [0.29, 0.717) is 11.7 Å². The van der Waals surface area contributed by atoms with Crippen molar-refractivity contribution in [3.05, 3.63) is 46.2 Å². The molecule has 108 valence electrons. The van der Waals surface area contributed by atoms with Gasteiger partial charge in [-0.3, -0.25) is 4.68 Å². The fraction of sp³-hybridized carbons (Fsp3) is 0.438. The molecule has 0 aliphatic rings. The second-order valence-electron chi connectivity index (χ2n) is 6.16. The summed E-state index contributed by atoms with van der Waals surface area (Å²) in [5, 5.41) is 8.41. The predicted molar refractivity (Wildman–Crippen MR) is 85.4 cm³/mol. The molecule has 0 saturated carbocycles. The molecule has 1 heterocycles. The summed E-state index contributed by atoms with van der Waals surface area (Å²) in [6.45, 7) is 9.32. The third kappa shape index (κ3) is 3.15. The average Bonchev–Trinajstić information content (AvgIpc) is 2.61. The number of aryl methyl sites for hydroxylation is 2. The Morgan fingerprint density at radius 3 is 2.25 bits per heavy atom. The van der Waals surface area contributed by atoms with Crippen LogP contribution in [0.3, 0.4) is 0 Å². The zero-order chi connectivity index (χ0) is 14.9. The fourth-order valence-corrected chi connectivity index (χ4v) is 2.39. The molecule has 0 atom stereocenters. The summed E-state index contributed by atoms with van der Waals surface area (Å²) >= 11 is 6.23. The van der Waals surface area contributed by atoms with E-state index in [2.05, 4.69) is 55.5 Å². The van der Waals surface area contributed by atoms with Crippen LogP contribution in [0.25, 0.3) is 0 Å². The van der Waals surface area contributed by atoms with Crippen molar-refractivity contribution in [2.75, 3.05) is 5.32 Å². The van der Waals surface area contributed by atoms with Gasteiger partial charge in [0.25, 0.3) is 0 Å². The van der Waals surface area contributed by atoms with Gasteiger partial charge in [0.05, 0.1) is 5.69 Å². The summed E-state index contributed by atoms with van der Waals surface area (Å²) < 4.78 is 1.70. The van der Waals surface area contributed by atoms with E-state index in [1.807, 2.05) is 14.0 Å². The van der Waals surface area contributed by atoms with Crippen LogP contribution in [0.5, 0.6) is 0 Å². The van der Waals surface area contributed by atoms with Crippen LogP contribution >= 0.6 is 11.6 Å². The van der Waals surface area contributed by atoms with Crippen molar-refractivity contribution in [3.8, 4) is 0 Å². The number of halogens is 1. The highest BCUT2D eigenvalue weighted by molar-refractivity contribution is 6.30. The maximum atomic E-state index is 6.23. The van der Waals surface area contributed by atoms with E-state index < -0.39 is 0 Å². The molecule has 0 saturated heterocycles. The highest BCUT2D eigenvalue weighted by Crippen LogP contribution is 2.24. The zero-order valence-corrected chi connectivity index (χ0v) is 13.5. The minimum absolute atomic E-state index is 0.182. The van der Waals surface area contributed by atoms with Crippen molar-refractivity contribution >= 4 is 17.3 Å². The van der Waals surface area contributed by atoms with Crippen LogP contribution in [0.4, 0.5) is 5.69 Å². The lowest BCUT2D eigenvalue weighted by Gasteiger charge is -2.19. The maximum absolute atomic E-state index is 6.23. The number of hydrogen-bond acceptors (Lipinski definition) is 2. The maximum Gasteiger partial charge on any atom is 0.131 e. The normalized spacial score (nSPS) is 11.7. The molecule has 0 amide bonds. The smallest absolute Gasteiger partial charge is 0.131 e. The summed E-state index contributed by atoms with van der Waals surface area (Å²) in [4.78, 5) is 0. The van der Waals surface area contributed by atoms with Crippen LogP contribution in [0.1, 0.15) is 37.6 Å². The molecule has 0 bridgehead atoms. The highest BCUT2D eigenvalue weighted by atomic mass is 35.5. The van der Waals surface area contributed by atoms with Gasteiger partial charge in [-0.2, -0.15) is 5.10 Å². The van der Waals surface area contributed by atoms with E-state index in [9.17, 15) is 0 Å². The molecule has 3 nitrogen and oxygen atoms in total. The summed E-state index contributed by atoms with van der Waals surface area (Å²) in [6.07, 6.45) is 0. The number of rotatable bonds is 3. The Hall–Kier alpha value is -1.48. The van der Waals surface area contributed by atoms with Gasteiger partial charge < -0.3 is 5.32 Å². The van der Waals surface area contributed by atoms with E-state index in [1.165, 1.54) is 5.56 Å². The number of nitrogens with one attached hydrogen (secondary N) is 1. The molecular formula is C16H22ClN3. The molecule has 1 aromatic carbocycles. The van der Waals surface area contributed by atoms with Gasteiger partial charge >= 0.3 is 0 Å². The van der Waals surface area contributed by atoms with E-state index in [0.717, 1.165) is 16.9 Å². The first kappa shape index (κ1) is 14.9. The SMILES string of the molecule is Cc1nn(C)c(Cl)c1CNc1ccc(C(C)(C)C)cc1. The van der Waals surface area contributed by atoms with Crippen LogP contribution in [-0.2, 0) is 19.0 Å². The second kappa shape index (κ2) is 5.49. The average molecular weight is 292 g/mol. The largest absolute Gasteiger partial charge is 0.381 e. The van der Waals surface area contributed by atoms with Crippen molar-refractivity contribution in [2.24, 2.45) is 7.05 Å². The van der Waals surface area contributed by atoms with Crippen molar-refractivity contribution < 1.29 is 0 Å². The molecule has 1 aromatic heterocycles. The summed E-state index contributed by atoms with van der Waals surface area (Å²) in [6, 6.07) is 8.56. The lowest BCUT2D eigenvalue weighted by Crippen LogP contribution is -2.10. The van der Waals surface area contributed by atoms with Gasteiger partial charge in [0, 0.05) is 24.8 Å². The Balaban J connectivity index is 2.08. The molecule has 20 heavy (non-hydrogen) atoms. The third-order valence-corrected chi connectivity index (χ3v) is 3.96. The number of benzene rings is 1. The molecule has 0 aliphatic heterocycles. The molecule has 0 fully saturated rings. The Bertz CT molecular complexity index is 591. The molecule has 4 heteroatoms. The van der Waals surface area contributed by atoms with Crippen LogP contribution in [0.2, 0.25) is 5.15 Å². The molecular weight excluding hydrogens is 270 g/mol. The van der Waals surface area contributed by atoms with E-state index in [-0.39, 0.29) is 5.41 Å². The molecule has 2 rings (SSSR count). The highest BCUT2D eigenvalue weighted by Gasteiger charge is 2.13. The molecule has 2 aromatic rings. The van der Waals surface area contributed by atoms with E-state index in [4.69, 9.17) is 11.6 Å². The Morgan fingerprint density at radius 2 is 1.80 bits per heavy atom.